The molecule has 2 heterocycles. The Balaban J connectivity index is 2.04. The van der Waals surface area contributed by atoms with Crippen LogP contribution >= 0.6 is 0 Å². The van der Waals surface area contributed by atoms with E-state index in [2.05, 4.69) is 28.9 Å². The molecule has 0 saturated carbocycles. The van der Waals surface area contributed by atoms with Crippen LogP contribution < -0.4 is 0 Å². The summed E-state index contributed by atoms with van der Waals surface area (Å²) in [6.07, 6.45) is 1.81. The maximum atomic E-state index is 9.88. The van der Waals surface area contributed by atoms with Crippen molar-refractivity contribution in [3.05, 3.63) is 17.0 Å². The molecule has 0 bridgehead atoms. The van der Waals surface area contributed by atoms with Gasteiger partial charge < -0.3 is 5.11 Å². The molecule has 0 saturated heterocycles. The predicted octanol–water partition coefficient (Wildman–Crippen LogP) is 1.63. The van der Waals surface area contributed by atoms with E-state index in [9.17, 15) is 5.11 Å². The molecule has 17 heavy (non-hydrogen) atoms. The van der Waals surface area contributed by atoms with Crippen molar-refractivity contribution in [2.24, 2.45) is 0 Å². The summed E-state index contributed by atoms with van der Waals surface area (Å²) in [5.74, 6) is 0. The average molecular weight is 237 g/mol. The minimum absolute atomic E-state index is 0.400. The Morgan fingerprint density at radius 3 is 2.88 bits per heavy atom. The molecule has 0 amide bonds. The number of nitrogens with one attached hydrogen (secondary N) is 1. The first-order valence-corrected chi connectivity index (χ1v) is 6.36. The lowest BCUT2D eigenvalue weighted by Gasteiger charge is -2.35. The van der Waals surface area contributed by atoms with Gasteiger partial charge in [-0.1, -0.05) is 0 Å². The fraction of sp³-hybridized carbons (Fsp3) is 0.769. The van der Waals surface area contributed by atoms with Crippen LogP contribution in [0.15, 0.2) is 0 Å². The summed E-state index contributed by atoms with van der Waals surface area (Å²) in [6.45, 7) is 10.0. The van der Waals surface area contributed by atoms with Crippen molar-refractivity contribution in [1.82, 2.24) is 15.1 Å². The minimum atomic E-state index is -0.592. The van der Waals surface area contributed by atoms with Crippen LogP contribution in [0.3, 0.4) is 0 Å². The number of H-pyrrole nitrogens is 1. The number of aryl methyl sites for hydroxylation is 1. The number of hydrogen-bond donors (Lipinski definition) is 2. The number of aromatic amines is 1. The quantitative estimate of drug-likeness (QED) is 0.840. The molecule has 0 radical (unpaired) electrons. The zero-order chi connectivity index (χ0) is 12.6. The monoisotopic (exact) mass is 237 g/mol. The van der Waals surface area contributed by atoms with E-state index in [0.717, 1.165) is 25.9 Å². The topological polar surface area (TPSA) is 52.2 Å². The van der Waals surface area contributed by atoms with Gasteiger partial charge in [0.1, 0.15) is 0 Å². The molecule has 2 N–H and O–H groups in total. The molecule has 1 aliphatic rings. The van der Waals surface area contributed by atoms with Crippen LogP contribution in [0, 0.1) is 6.92 Å². The Morgan fingerprint density at radius 2 is 2.24 bits per heavy atom. The van der Waals surface area contributed by atoms with E-state index in [1.165, 1.54) is 17.0 Å². The normalized spacial score (nSPS) is 19.1. The van der Waals surface area contributed by atoms with Crippen molar-refractivity contribution in [2.45, 2.75) is 58.7 Å². The van der Waals surface area contributed by atoms with E-state index in [4.69, 9.17) is 0 Å². The van der Waals surface area contributed by atoms with Crippen LogP contribution in [0.2, 0.25) is 0 Å². The molecule has 2 rings (SSSR count). The Morgan fingerprint density at radius 1 is 1.53 bits per heavy atom. The van der Waals surface area contributed by atoms with E-state index in [1.807, 2.05) is 13.8 Å². The average Bonchev–Trinajstić information content (AvgIpc) is 2.57. The molecule has 96 valence electrons. The summed E-state index contributed by atoms with van der Waals surface area (Å²) in [4.78, 5) is 2.43. The van der Waals surface area contributed by atoms with Gasteiger partial charge in [-0.25, -0.2) is 0 Å². The van der Waals surface area contributed by atoms with Crippen LogP contribution in [0.25, 0.3) is 0 Å². The molecule has 1 atom stereocenters. The summed E-state index contributed by atoms with van der Waals surface area (Å²) in [6, 6.07) is 0.400. The zero-order valence-electron chi connectivity index (χ0n) is 11.2. The number of nitrogens with zero attached hydrogens (tertiary/aromatic N) is 2. The highest BCUT2D eigenvalue weighted by atomic mass is 16.3. The first kappa shape index (κ1) is 12.6. The number of fused-ring (bicyclic) bond motifs is 1. The maximum Gasteiger partial charge on any atom is 0.0682 e. The van der Waals surface area contributed by atoms with Crippen molar-refractivity contribution in [3.63, 3.8) is 0 Å². The molecule has 1 aromatic rings. The van der Waals surface area contributed by atoms with Crippen LogP contribution in [-0.2, 0) is 13.0 Å². The molecule has 4 nitrogen and oxygen atoms in total. The maximum absolute atomic E-state index is 9.88. The zero-order valence-corrected chi connectivity index (χ0v) is 11.2. The van der Waals surface area contributed by atoms with Crippen molar-refractivity contribution < 1.29 is 5.11 Å². The van der Waals surface area contributed by atoms with Crippen molar-refractivity contribution in [1.29, 1.82) is 0 Å². The first-order valence-electron chi connectivity index (χ1n) is 6.36. The van der Waals surface area contributed by atoms with E-state index in [1.54, 1.807) is 0 Å². The van der Waals surface area contributed by atoms with Gasteiger partial charge in [-0.2, -0.15) is 5.10 Å². The molecule has 1 aliphatic heterocycles. The van der Waals surface area contributed by atoms with Crippen LogP contribution in [-0.4, -0.2) is 38.4 Å². The SMILES string of the molecule is Cc1[nH]nc2c1CN([C@H](C)CC(C)(C)O)CC2. The van der Waals surface area contributed by atoms with E-state index >= 15 is 0 Å². The second kappa shape index (κ2) is 4.42. The highest BCUT2D eigenvalue weighted by molar-refractivity contribution is 5.26. The van der Waals surface area contributed by atoms with Crippen molar-refractivity contribution in [3.8, 4) is 0 Å². The second-order valence-corrected chi connectivity index (χ2v) is 5.86. The summed E-state index contributed by atoms with van der Waals surface area (Å²) in [5, 5.41) is 17.3. The summed E-state index contributed by atoms with van der Waals surface area (Å²) >= 11 is 0. The lowest BCUT2D eigenvalue weighted by Crippen LogP contribution is -2.41. The van der Waals surface area contributed by atoms with Crippen LogP contribution in [0.1, 0.15) is 44.1 Å². The van der Waals surface area contributed by atoms with Gasteiger partial charge in [0.05, 0.1) is 11.3 Å². The lowest BCUT2D eigenvalue weighted by molar-refractivity contribution is 0.0341. The molecule has 4 heteroatoms. The molecule has 0 spiro atoms. The fourth-order valence-electron chi connectivity index (χ4n) is 2.68. The van der Waals surface area contributed by atoms with Gasteiger partial charge in [-0.15, -0.1) is 0 Å². The van der Waals surface area contributed by atoms with Gasteiger partial charge in [-0.3, -0.25) is 10.00 Å². The molecule has 0 fully saturated rings. The third-order valence-electron chi connectivity index (χ3n) is 3.57. The third kappa shape index (κ3) is 2.87. The molecule has 1 aromatic heterocycles. The Kier molecular flexibility index (Phi) is 3.27. The van der Waals surface area contributed by atoms with Gasteiger partial charge in [0.25, 0.3) is 0 Å². The van der Waals surface area contributed by atoms with Gasteiger partial charge in [0.15, 0.2) is 0 Å². The molecular weight excluding hydrogens is 214 g/mol. The lowest BCUT2D eigenvalue weighted by atomic mass is 9.96. The van der Waals surface area contributed by atoms with Gasteiger partial charge in [-0.05, 0) is 34.1 Å². The van der Waals surface area contributed by atoms with Gasteiger partial charge >= 0.3 is 0 Å². The summed E-state index contributed by atoms with van der Waals surface area (Å²) in [7, 11) is 0. The molecule has 0 aliphatic carbocycles. The number of hydrogen-bond acceptors (Lipinski definition) is 3. The molecular formula is C13H23N3O. The number of aromatic nitrogens is 2. The fourth-order valence-corrected chi connectivity index (χ4v) is 2.68. The Bertz CT molecular complexity index is 392. The van der Waals surface area contributed by atoms with Crippen LogP contribution in [0.4, 0.5) is 0 Å². The summed E-state index contributed by atoms with van der Waals surface area (Å²) in [5.41, 5.74) is 3.15. The van der Waals surface area contributed by atoms with Gasteiger partial charge in [0.2, 0.25) is 0 Å². The Labute approximate surface area is 103 Å². The standard InChI is InChI=1S/C13H23N3O/c1-9(7-13(3,4)17)16-6-5-12-11(8-16)10(2)14-15-12/h9,17H,5-8H2,1-4H3,(H,14,15)/t9-/m1/s1. The highest BCUT2D eigenvalue weighted by Crippen LogP contribution is 2.24. The van der Waals surface area contributed by atoms with Crippen molar-refractivity contribution in [2.75, 3.05) is 6.54 Å². The van der Waals surface area contributed by atoms with Crippen molar-refractivity contribution >= 4 is 0 Å². The smallest absolute Gasteiger partial charge is 0.0682 e. The Hall–Kier alpha value is -0.870. The van der Waals surface area contributed by atoms with Gasteiger partial charge in [0, 0.05) is 36.8 Å². The highest BCUT2D eigenvalue weighted by Gasteiger charge is 2.27. The summed E-state index contributed by atoms with van der Waals surface area (Å²) < 4.78 is 0. The van der Waals surface area contributed by atoms with Crippen LogP contribution in [0.5, 0.6) is 0 Å². The van der Waals surface area contributed by atoms with E-state index in [-0.39, 0.29) is 0 Å². The molecule has 0 unspecified atom stereocenters. The van der Waals surface area contributed by atoms with E-state index in [0.29, 0.717) is 6.04 Å². The number of aliphatic hydroxyl groups is 1. The molecule has 0 aromatic carbocycles. The predicted molar refractivity (Wildman–Crippen MR) is 67.8 cm³/mol. The first-order chi connectivity index (χ1) is 7.87. The van der Waals surface area contributed by atoms with E-state index < -0.39 is 5.60 Å². The largest absolute Gasteiger partial charge is 0.390 e. The number of rotatable bonds is 3. The minimum Gasteiger partial charge on any atom is -0.390 e. The third-order valence-corrected chi connectivity index (χ3v) is 3.57. The second-order valence-electron chi connectivity index (χ2n) is 5.86.